The fraction of sp³-hybridized carbons (Fsp3) is 0.200. The number of rotatable bonds is 2. The molecule has 0 saturated carbocycles. The molecule has 1 aromatic rings. The molecule has 58 valence electrons. The molecular weight excluding hydrogens is 152 g/mol. The second-order valence-corrected chi connectivity index (χ2v) is 1.83. The number of nitroso groups, excluding NO2 is 1. The van der Waals surface area contributed by atoms with Crippen molar-refractivity contribution in [3.05, 3.63) is 16.4 Å². The first-order chi connectivity index (χ1) is 5.16. The molecule has 0 radical (unpaired) electrons. The molecule has 0 spiro atoms. The largest absolute Gasteiger partial charge is 0.476 e. The highest BCUT2D eigenvalue weighted by Gasteiger charge is 2.19. The van der Waals surface area contributed by atoms with E-state index in [1.165, 1.54) is 6.92 Å². The third kappa shape index (κ3) is 1.09. The van der Waals surface area contributed by atoms with E-state index in [0.29, 0.717) is 0 Å². The zero-order valence-electron chi connectivity index (χ0n) is 5.57. The number of hydrogen-bond donors (Lipinski definition) is 1. The van der Waals surface area contributed by atoms with E-state index in [1.807, 2.05) is 0 Å². The van der Waals surface area contributed by atoms with Crippen LogP contribution in [0.25, 0.3) is 0 Å². The van der Waals surface area contributed by atoms with Gasteiger partial charge in [-0.05, 0) is 12.1 Å². The lowest BCUT2D eigenvalue weighted by atomic mass is 10.3. The third-order valence-electron chi connectivity index (χ3n) is 1.13. The second kappa shape index (κ2) is 2.49. The third-order valence-corrected chi connectivity index (χ3v) is 1.13. The highest BCUT2D eigenvalue weighted by Crippen LogP contribution is 2.22. The summed E-state index contributed by atoms with van der Waals surface area (Å²) in [6.07, 6.45) is 0. The van der Waals surface area contributed by atoms with Crippen molar-refractivity contribution in [3.63, 3.8) is 0 Å². The number of carboxylic acids is 1. The van der Waals surface area contributed by atoms with Crippen molar-refractivity contribution in [2.75, 3.05) is 0 Å². The van der Waals surface area contributed by atoms with Gasteiger partial charge < -0.3 is 9.63 Å². The van der Waals surface area contributed by atoms with Crippen LogP contribution in [0.15, 0.2) is 9.70 Å². The van der Waals surface area contributed by atoms with Gasteiger partial charge in [0.1, 0.15) is 0 Å². The van der Waals surface area contributed by atoms with Crippen molar-refractivity contribution in [1.82, 2.24) is 5.16 Å². The minimum atomic E-state index is -1.32. The standard InChI is InChI=1S/C5H4N2O4/c1-2-3(6-10)4(5(8)9)7-11-2/h1H3,(H,8,9). The summed E-state index contributed by atoms with van der Waals surface area (Å²) in [6.45, 7) is 1.41. The Balaban J connectivity index is 3.26. The Labute approximate surface area is 60.8 Å². The topological polar surface area (TPSA) is 92.8 Å². The monoisotopic (exact) mass is 156 g/mol. The zero-order valence-corrected chi connectivity index (χ0v) is 5.57. The van der Waals surface area contributed by atoms with Crippen LogP contribution in [0.1, 0.15) is 16.2 Å². The van der Waals surface area contributed by atoms with E-state index in [-0.39, 0.29) is 11.4 Å². The van der Waals surface area contributed by atoms with E-state index >= 15 is 0 Å². The van der Waals surface area contributed by atoms with Gasteiger partial charge in [-0.25, -0.2) is 4.79 Å². The maximum Gasteiger partial charge on any atom is 0.360 e. The lowest BCUT2D eigenvalue weighted by Crippen LogP contribution is -1.95. The minimum Gasteiger partial charge on any atom is -0.476 e. The van der Waals surface area contributed by atoms with E-state index in [2.05, 4.69) is 14.9 Å². The van der Waals surface area contributed by atoms with Gasteiger partial charge in [-0.2, -0.15) is 0 Å². The second-order valence-electron chi connectivity index (χ2n) is 1.83. The zero-order chi connectivity index (χ0) is 8.43. The Morgan fingerprint density at radius 2 is 2.36 bits per heavy atom. The molecule has 0 unspecified atom stereocenters. The average Bonchev–Trinajstić information content (AvgIpc) is 2.30. The molecule has 0 aromatic carbocycles. The van der Waals surface area contributed by atoms with Gasteiger partial charge in [0, 0.05) is 0 Å². The first-order valence-electron chi connectivity index (χ1n) is 2.69. The predicted molar refractivity (Wildman–Crippen MR) is 33.7 cm³/mol. The van der Waals surface area contributed by atoms with Gasteiger partial charge in [0.25, 0.3) is 0 Å². The summed E-state index contributed by atoms with van der Waals surface area (Å²) in [5.74, 6) is -1.21. The molecule has 0 fully saturated rings. The molecule has 0 bridgehead atoms. The van der Waals surface area contributed by atoms with E-state index in [1.54, 1.807) is 0 Å². The van der Waals surface area contributed by atoms with Gasteiger partial charge in [-0.3, -0.25) is 0 Å². The smallest absolute Gasteiger partial charge is 0.360 e. The Kier molecular flexibility index (Phi) is 1.67. The van der Waals surface area contributed by atoms with Crippen molar-refractivity contribution in [2.45, 2.75) is 6.92 Å². The Hall–Kier alpha value is -1.72. The number of hydrogen-bond acceptors (Lipinski definition) is 5. The molecule has 0 atom stereocenters. The summed E-state index contributed by atoms with van der Waals surface area (Å²) in [5.41, 5.74) is -0.699. The molecule has 0 amide bonds. The number of aromatic carboxylic acids is 1. The van der Waals surface area contributed by atoms with Gasteiger partial charge in [0.05, 0.1) is 0 Å². The van der Waals surface area contributed by atoms with Crippen LogP contribution in [-0.4, -0.2) is 16.2 Å². The number of aromatic nitrogens is 1. The summed E-state index contributed by atoms with van der Waals surface area (Å²) in [4.78, 5) is 20.3. The maximum atomic E-state index is 10.3. The molecule has 0 aliphatic heterocycles. The molecule has 0 aliphatic rings. The normalized spacial score (nSPS) is 9.55. The van der Waals surface area contributed by atoms with Crippen molar-refractivity contribution < 1.29 is 14.4 Å². The molecule has 0 saturated heterocycles. The molecule has 1 rings (SSSR count). The number of nitrogens with zero attached hydrogens (tertiary/aromatic N) is 2. The van der Waals surface area contributed by atoms with E-state index < -0.39 is 11.7 Å². The predicted octanol–water partition coefficient (Wildman–Crippen LogP) is 1.08. The quantitative estimate of drug-likeness (QED) is 0.646. The number of carbonyl (C=O) groups is 1. The van der Waals surface area contributed by atoms with Crippen molar-refractivity contribution in [1.29, 1.82) is 0 Å². The van der Waals surface area contributed by atoms with Gasteiger partial charge in [-0.1, -0.05) is 5.16 Å². The summed E-state index contributed by atoms with van der Waals surface area (Å²) in [7, 11) is 0. The van der Waals surface area contributed by atoms with Crippen molar-refractivity contribution in [3.8, 4) is 0 Å². The molecule has 1 heterocycles. The Bertz CT molecular complexity index is 303. The van der Waals surface area contributed by atoms with Gasteiger partial charge in [0.15, 0.2) is 11.4 Å². The van der Waals surface area contributed by atoms with Crippen molar-refractivity contribution >= 4 is 11.7 Å². The van der Waals surface area contributed by atoms with Gasteiger partial charge in [0.2, 0.25) is 5.69 Å². The summed E-state index contributed by atoms with van der Waals surface area (Å²) in [6, 6.07) is 0. The highest BCUT2D eigenvalue weighted by molar-refractivity contribution is 5.91. The van der Waals surface area contributed by atoms with Crippen LogP contribution in [0, 0.1) is 11.8 Å². The van der Waals surface area contributed by atoms with Crippen LogP contribution in [-0.2, 0) is 0 Å². The highest BCUT2D eigenvalue weighted by atomic mass is 16.5. The maximum absolute atomic E-state index is 10.3. The molecule has 1 N–H and O–H groups in total. The Morgan fingerprint density at radius 3 is 2.73 bits per heavy atom. The van der Waals surface area contributed by atoms with E-state index in [4.69, 9.17) is 5.11 Å². The summed E-state index contributed by atoms with van der Waals surface area (Å²) >= 11 is 0. The van der Waals surface area contributed by atoms with Crippen LogP contribution in [0.5, 0.6) is 0 Å². The molecule has 6 heteroatoms. The molecule has 11 heavy (non-hydrogen) atoms. The van der Waals surface area contributed by atoms with E-state index in [9.17, 15) is 9.70 Å². The van der Waals surface area contributed by atoms with Crippen LogP contribution in [0.2, 0.25) is 0 Å². The minimum absolute atomic E-state index is 0.109. The number of carboxylic acid groups (broad SMARTS) is 1. The van der Waals surface area contributed by atoms with Crippen LogP contribution in [0.4, 0.5) is 5.69 Å². The molecular formula is C5H4N2O4. The lowest BCUT2D eigenvalue weighted by molar-refractivity contribution is 0.0686. The fourth-order valence-electron chi connectivity index (χ4n) is 0.615. The average molecular weight is 156 g/mol. The van der Waals surface area contributed by atoms with Crippen molar-refractivity contribution in [2.24, 2.45) is 5.18 Å². The SMILES string of the molecule is Cc1onc(C(=O)O)c1N=O. The first kappa shape index (κ1) is 7.39. The van der Waals surface area contributed by atoms with Crippen LogP contribution >= 0.6 is 0 Å². The van der Waals surface area contributed by atoms with Gasteiger partial charge in [-0.15, -0.1) is 4.91 Å². The molecule has 1 aromatic heterocycles. The Morgan fingerprint density at radius 1 is 1.73 bits per heavy atom. The number of aryl methyl sites for hydroxylation is 1. The van der Waals surface area contributed by atoms with E-state index in [0.717, 1.165) is 0 Å². The lowest BCUT2D eigenvalue weighted by Gasteiger charge is -1.82. The first-order valence-corrected chi connectivity index (χ1v) is 2.69. The van der Waals surface area contributed by atoms with Crippen LogP contribution < -0.4 is 0 Å². The summed E-state index contributed by atoms with van der Waals surface area (Å²) in [5, 5.41) is 14.0. The fourth-order valence-corrected chi connectivity index (χ4v) is 0.615. The molecule has 0 aliphatic carbocycles. The van der Waals surface area contributed by atoms with Crippen LogP contribution in [0.3, 0.4) is 0 Å². The molecule has 6 nitrogen and oxygen atoms in total. The van der Waals surface area contributed by atoms with Gasteiger partial charge >= 0.3 is 5.97 Å². The summed E-state index contributed by atoms with van der Waals surface area (Å²) < 4.78 is 4.42.